The molecule has 1 aromatic rings. The van der Waals surface area contributed by atoms with E-state index >= 15 is 0 Å². The second-order valence-corrected chi connectivity index (χ2v) is 11.6. The Hall–Kier alpha value is -1.35. The molecule has 1 aromatic carbocycles. The summed E-state index contributed by atoms with van der Waals surface area (Å²) >= 11 is 0. The summed E-state index contributed by atoms with van der Waals surface area (Å²) in [5.74, 6) is 0.863. The number of carbonyl (C=O) groups is 1. The molecule has 0 saturated carbocycles. The van der Waals surface area contributed by atoms with E-state index in [2.05, 4.69) is 21.0 Å². The lowest BCUT2D eigenvalue weighted by Gasteiger charge is -2.30. The average molecular weight is 503 g/mol. The van der Waals surface area contributed by atoms with Crippen LogP contribution in [0.2, 0.25) is 0 Å². The van der Waals surface area contributed by atoms with Crippen molar-refractivity contribution in [2.24, 2.45) is 0 Å². The number of carbonyl (C=O) groups excluding carboxylic acids is 1. The van der Waals surface area contributed by atoms with E-state index in [1.807, 2.05) is 24.3 Å². The van der Waals surface area contributed by atoms with Gasteiger partial charge in [-0.1, -0.05) is 103 Å². The van der Waals surface area contributed by atoms with Crippen molar-refractivity contribution in [3.8, 4) is 5.75 Å². The highest BCUT2D eigenvalue weighted by molar-refractivity contribution is 5.74. The highest BCUT2D eigenvalue weighted by Crippen LogP contribution is 2.15. The van der Waals surface area contributed by atoms with Gasteiger partial charge in [-0.15, -0.1) is 0 Å². The van der Waals surface area contributed by atoms with Gasteiger partial charge in [-0.05, 0) is 56.4 Å². The Morgan fingerprint density at radius 3 is 1.39 bits per heavy atom. The molecule has 0 fully saturated rings. The number of aldehydes is 1. The summed E-state index contributed by atoms with van der Waals surface area (Å²) in [7, 11) is 4.87. The van der Waals surface area contributed by atoms with Gasteiger partial charge in [0.25, 0.3) is 0 Å². The number of quaternary nitrogens is 1. The number of hydrogen-bond donors (Lipinski definition) is 0. The van der Waals surface area contributed by atoms with Crippen LogP contribution in [0.5, 0.6) is 5.75 Å². The quantitative estimate of drug-likeness (QED) is 0.0715. The fraction of sp³-hybridized carbons (Fsp3) is 0.788. The van der Waals surface area contributed by atoms with Crippen LogP contribution in [0.25, 0.3) is 0 Å². The molecule has 208 valence electrons. The molecular formula is C33H60NO2+. The molecule has 1 rings (SSSR count). The van der Waals surface area contributed by atoms with E-state index in [1.54, 1.807) is 0 Å². The van der Waals surface area contributed by atoms with E-state index in [-0.39, 0.29) is 0 Å². The zero-order chi connectivity index (χ0) is 26.2. The maximum atomic E-state index is 10.7. The number of rotatable bonds is 26. The van der Waals surface area contributed by atoms with Gasteiger partial charge in [0.2, 0.25) is 0 Å². The maximum absolute atomic E-state index is 10.7. The van der Waals surface area contributed by atoms with Crippen LogP contribution in [0.15, 0.2) is 24.3 Å². The molecule has 0 aromatic heterocycles. The Morgan fingerprint density at radius 1 is 0.583 bits per heavy atom. The van der Waals surface area contributed by atoms with Gasteiger partial charge in [0.05, 0.1) is 33.8 Å². The zero-order valence-electron chi connectivity index (χ0n) is 24.4. The summed E-state index contributed by atoms with van der Waals surface area (Å²) in [6, 6.07) is 7.37. The largest absolute Gasteiger partial charge is 0.494 e. The van der Waals surface area contributed by atoms with Gasteiger partial charge in [0.15, 0.2) is 0 Å². The van der Waals surface area contributed by atoms with Crippen LogP contribution >= 0.6 is 0 Å². The van der Waals surface area contributed by atoms with Crippen molar-refractivity contribution in [3.05, 3.63) is 29.8 Å². The Morgan fingerprint density at radius 2 is 0.972 bits per heavy atom. The first-order chi connectivity index (χ1) is 17.6. The summed E-state index contributed by atoms with van der Waals surface area (Å²) < 4.78 is 6.96. The topological polar surface area (TPSA) is 26.3 Å². The van der Waals surface area contributed by atoms with Gasteiger partial charge >= 0.3 is 0 Å². The van der Waals surface area contributed by atoms with Crippen molar-refractivity contribution in [1.82, 2.24) is 0 Å². The van der Waals surface area contributed by atoms with Gasteiger partial charge in [0.1, 0.15) is 12.0 Å². The second kappa shape index (κ2) is 22.8. The third kappa shape index (κ3) is 19.8. The lowest BCUT2D eigenvalue weighted by molar-refractivity contribution is -0.890. The smallest absolute Gasteiger partial charge is 0.150 e. The maximum Gasteiger partial charge on any atom is 0.150 e. The van der Waals surface area contributed by atoms with E-state index in [4.69, 9.17) is 4.74 Å². The van der Waals surface area contributed by atoms with E-state index in [9.17, 15) is 4.79 Å². The minimum absolute atomic E-state index is 0.699. The third-order valence-electron chi connectivity index (χ3n) is 7.56. The van der Waals surface area contributed by atoms with Gasteiger partial charge in [-0.3, -0.25) is 4.79 Å². The third-order valence-corrected chi connectivity index (χ3v) is 7.56. The average Bonchev–Trinajstić information content (AvgIpc) is 2.88. The molecule has 0 bridgehead atoms. The Labute approximate surface area is 225 Å². The molecule has 36 heavy (non-hydrogen) atoms. The molecule has 0 aliphatic heterocycles. The van der Waals surface area contributed by atoms with E-state index in [1.165, 1.54) is 140 Å². The fourth-order valence-corrected chi connectivity index (χ4v) is 5.03. The first-order valence-corrected chi connectivity index (χ1v) is 15.6. The highest BCUT2D eigenvalue weighted by atomic mass is 16.5. The minimum atomic E-state index is 0.699. The van der Waals surface area contributed by atoms with Crippen molar-refractivity contribution >= 4 is 6.29 Å². The van der Waals surface area contributed by atoms with Crippen molar-refractivity contribution in [3.63, 3.8) is 0 Å². The Balaban J connectivity index is 1.81. The molecule has 0 atom stereocenters. The first kappa shape index (κ1) is 32.7. The summed E-state index contributed by atoms with van der Waals surface area (Å²) in [6.07, 6.45) is 28.6. The molecule has 3 heteroatoms. The van der Waals surface area contributed by atoms with Crippen molar-refractivity contribution < 1.29 is 14.0 Å². The van der Waals surface area contributed by atoms with Gasteiger partial charge in [-0.2, -0.15) is 0 Å². The number of ether oxygens (including phenoxy) is 1. The molecule has 0 radical (unpaired) electrons. The van der Waals surface area contributed by atoms with Crippen LogP contribution in [0.3, 0.4) is 0 Å². The molecular weight excluding hydrogens is 442 g/mol. The summed E-state index contributed by atoms with van der Waals surface area (Å²) in [5.41, 5.74) is 0.699. The van der Waals surface area contributed by atoms with Crippen LogP contribution in [0.1, 0.15) is 146 Å². The Kier molecular flexibility index (Phi) is 20.7. The minimum Gasteiger partial charge on any atom is -0.494 e. The van der Waals surface area contributed by atoms with Gasteiger partial charge in [0, 0.05) is 5.56 Å². The number of unbranched alkanes of at least 4 members (excludes halogenated alkanes) is 18. The van der Waals surface area contributed by atoms with Crippen LogP contribution in [-0.2, 0) is 0 Å². The first-order valence-electron chi connectivity index (χ1n) is 15.6. The highest BCUT2D eigenvalue weighted by Gasteiger charge is 2.13. The van der Waals surface area contributed by atoms with Crippen LogP contribution in [0.4, 0.5) is 0 Å². The normalized spacial score (nSPS) is 11.6. The molecule has 0 N–H and O–H groups in total. The van der Waals surface area contributed by atoms with E-state index in [0.29, 0.717) is 5.56 Å². The van der Waals surface area contributed by atoms with Crippen molar-refractivity contribution in [1.29, 1.82) is 0 Å². The van der Waals surface area contributed by atoms with Crippen LogP contribution in [0, 0.1) is 0 Å². The molecule has 0 amide bonds. The molecule has 0 heterocycles. The zero-order valence-corrected chi connectivity index (χ0v) is 24.4. The molecule has 0 saturated heterocycles. The standard InChI is InChI=1S/C33H60NO2/c1-4-5-6-7-8-9-12-15-18-21-28-34(2,3)29-22-19-16-13-10-11-14-17-20-23-30-36-33-26-24-32(31-35)25-27-33/h24-27,31H,4-23,28-30H2,1-3H3/q+1. The van der Waals surface area contributed by atoms with Crippen molar-refractivity contribution in [2.45, 2.75) is 135 Å². The molecule has 3 nitrogen and oxygen atoms in total. The Bertz CT molecular complexity index is 611. The van der Waals surface area contributed by atoms with E-state index in [0.717, 1.165) is 25.1 Å². The number of hydrogen-bond acceptors (Lipinski definition) is 2. The van der Waals surface area contributed by atoms with Crippen LogP contribution < -0.4 is 4.74 Å². The monoisotopic (exact) mass is 502 g/mol. The van der Waals surface area contributed by atoms with Crippen LogP contribution in [-0.4, -0.2) is 44.6 Å². The molecule has 0 aliphatic rings. The lowest BCUT2D eigenvalue weighted by Crippen LogP contribution is -2.41. The molecule has 0 unspecified atom stereocenters. The second-order valence-electron chi connectivity index (χ2n) is 11.6. The predicted octanol–water partition coefficient (Wildman–Crippen LogP) is 9.78. The summed E-state index contributed by atoms with van der Waals surface area (Å²) in [5, 5.41) is 0. The summed E-state index contributed by atoms with van der Waals surface area (Å²) in [6.45, 7) is 5.77. The lowest BCUT2D eigenvalue weighted by atomic mass is 10.1. The number of benzene rings is 1. The van der Waals surface area contributed by atoms with Gasteiger partial charge in [-0.25, -0.2) is 0 Å². The van der Waals surface area contributed by atoms with Gasteiger partial charge < -0.3 is 9.22 Å². The SMILES string of the molecule is CCCCCCCCCCCC[N+](C)(C)CCCCCCCCCCCCOc1ccc(C=O)cc1. The molecule has 0 aliphatic carbocycles. The fourth-order valence-electron chi connectivity index (χ4n) is 5.03. The van der Waals surface area contributed by atoms with Crippen molar-refractivity contribution in [2.75, 3.05) is 33.8 Å². The molecule has 0 spiro atoms. The summed E-state index contributed by atoms with van der Waals surface area (Å²) in [4.78, 5) is 10.7. The number of nitrogens with zero attached hydrogens (tertiary/aromatic N) is 1. The van der Waals surface area contributed by atoms with E-state index < -0.39 is 0 Å². The predicted molar refractivity (Wildman–Crippen MR) is 157 cm³/mol.